The maximum atomic E-state index is 10.5. The molecule has 0 aliphatic carbocycles. The van der Waals surface area contributed by atoms with Crippen LogP contribution in [0.5, 0.6) is 5.75 Å². The molecule has 0 radical (unpaired) electrons. The molecule has 0 spiro atoms. The van der Waals surface area contributed by atoms with Crippen LogP contribution in [0.25, 0.3) is 0 Å². The highest BCUT2D eigenvalue weighted by Gasteiger charge is 1.94. The zero-order valence-electron chi connectivity index (χ0n) is 12.8. The number of para-hydroxylation sites is 1. The maximum Gasteiger partial charge on any atom is 0.155 e. The first kappa shape index (κ1) is 18.6. The van der Waals surface area contributed by atoms with Gasteiger partial charge in [0.2, 0.25) is 0 Å². The summed E-state index contributed by atoms with van der Waals surface area (Å²) in [4.78, 5) is 10.5. The van der Waals surface area contributed by atoms with Crippen molar-refractivity contribution in [3.8, 4) is 5.75 Å². The van der Waals surface area contributed by atoms with Crippen molar-refractivity contribution in [2.45, 2.75) is 26.7 Å². The topological polar surface area (TPSA) is 44.8 Å². The van der Waals surface area contributed by atoms with Gasteiger partial charge in [-0.25, -0.2) is 0 Å². The molecule has 0 fully saturated rings. The number of ketones is 1. The summed E-state index contributed by atoms with van der Waals surface area (Å²) in [5.74, 6) is 0.851. The summed E-state index contributed by atoms with van der Waals surface area (Å²) in [6.45, 7) is 5.64. The number of rotatable bonds is 9. The molecule has 0 aromatic heterocycles. The van der Waals surface area contributed by atoms with Crippen LogP contribution >= 0.6 is 0 Å². The van der Waals surface area contributed by atoms with Crippen LogP contribution in [0.2, 0.25) is 0 Å². The summed E-state index contributed by atoms with van der Waals surface area (Å²) in [6.07, 6.45) is 2.42. The molecule has 0 saturated carbocycles. The molecular weight excluding hydrogens is 256 g/mol. The minimum absolute atomic E-state index is 0.0321. The lowest BCUT2D eigenvalue weighted by atomic mass is 10.3. The zero-order chi connectivity index (χ0) is 15.1. The smallest absolute Gasteiger partial charge is 0.155 e. The van der Waals surface area contributed by atoms with E-state index in [4.69, 9.17) is 14.2 Å². The highest BCUT2D eigenvalue weighted by Crippen LogP contribution is 2.07. The van der Waals surface area contributed by atoms with E-state index in [1.165, 1.54) is 19.8 Å². The van der Waals surface area contributed by atoms with Crippen LogP contribution in [0.15, 0.2) is 30.3 Å². The van der Waals surface area contributed by atoms with Crippen molar-refractivity contribution < 1.29 is 19.0 Å². The molecule has 0 unspecified atom stereocenters. The number of methoxy groups -OCH3 is 1. The first-order valence-electron chi connectivity index (χ1n) is 6.94. The number of Topliss-reactive ketones (excluding diaryl/α,β-unsaturated/α-hetero) is 1. The molecule has 0 aliphatic rings. The number of carbonyl (C=O) groups excluding carboxylic acids is 1. The Kier molecular flexibility index (Phi) is 13.1. The molecule has 4 nitrogen and oxygen atoms in total. The molecule has 114 valence electrons. The standard InChI is InChI=1S/C11H14O3.C5H12O/c1-10(12)9-13-7-8-14-11-5-3-2-4-6-11;1-3-4-5-6-2/h2-6H,7-9H2,1H3;3-5H2,1-2H3. The monoisotopic (exact) mass is 282 g/mol. The van der Waals surface area contributed by atoms with Gasteiger partial charge in [0.1, 0.15) is 19.0 Å². The van der Waals surface area contributed by atoms with E-state index in [9.17, 15) is 4.79 Å². The molecule has 1 rings (SSSR count). The van der Waals surface area contributed by atoms with E-state index >= 15 is 0 Å². The van der Waals surface area contributed by atoms with Gasteiger partial charge in [0.05, 0.1) is 6.61 Å². The van der Waals surface area contributed by atoms with Gasteiger partial charge in [0, 0.05) is 13.7 Å². The lowest BCUT2D eigenvalue weighted by molar-refractivity contribution is -0.121. The fraction of sp³-hybridized carbons (Fsp3) is 0.562. The molecular formula is C16H26O4. The van der Waals surface area contributed by atoms with Crippen LogP contribution in [0.1, 0.15) is 26.7 Å². The predicted molar refractivity (Wildman–Crippen MR) is 80.2 cm³/mol. The van der Waals surface area contributed by atoms with Crippen molar-refractivity contribution in [2.24, 2.45) is 0 Å². The van der Waals surface area contributed by atoms with Crippen molar-refractivity contribution in [3.05, 3.63) is 30.3 Å². The molecule has 0 aliphatic heterocycles. The minimum Gasteiger partial charge on any atom is -0.491 e. The zero-order valence-corrected chi connectivity index (χ0v) is 12.8. The fourth-order valence-electron chi connectivity index (χ4n) is 1.24. The maximum absolute atomic E-state index is 10.5. The SMILES string of the molecule is CC(=O)COCCOc1ccccc1.CCCCOC. The third kappa shape index (κ3) is 13.1. The van der Waals surface area contributed by atoms with Crippen molar-refractivity contribution >= 4 is 5.78 Å². The average Bonchev–Trinajstić information content (AvgIpc) is 2.46. The molecule has 0 bridgehead atoms. The van der Waals surface area contributed by atoms with Crippen LogP contribution in [0, 0.1) is 0 Å². The van der Waals surface area contributed by atoms with E-state index in [1.807, 2.05) is 30.3 Å². The lowest BCUT2D eigenvalue weighted by Gasteiger charge is -2.05. The quantitative estimate of drug-likeness (QED) is 0.653. The molecule has 1 aromatic rings. The van der Waals surface area contributed by atoms with E-state index in [0.717, 1.165) is 12.4 Å². The van der Waals surface area contributed by atoms with E-state index in [-0.39, 0.29) is 12.4 Å². The van der Waals surface area contributed by atoms with Crippen LogP contribution < -0.4 is 4.74 Å². The van der Waals surface area contributed by atoms with E-state index < -0.39 is 0 Å². The third-order valence-electron chi connectivity index (χ3n) is 2.25. The van der Waals surface area contributed by atoms with Crippen LogP contribution in [-0.2, 0) is 14.3 Å². The van der Waals surface area contributed by atoms with Crippen LogP contribution in [0.3, 0.4) is 0 Å². The summed E-state index contributed by atoms with van der Waals surface area (Å²) in [7, 11) is 1.73. The molecule has 0 heterocycles. The second-order valence-corrected chi connectivity index (χ2v) is 4.26. The third-order valence-corrected chi connectivity index (χ3v) is 2.25. The second-order valence-electron chi connectivity index (χ2n) is 4.26. The molecule has 0 amide bonds. The highest BCUT2D eigenvalue weighted by atomic mass is 16.5. The molecule has 20 heavy (non-hydrogen) atoms. The van der Waals surface area contributed by atoms with Crippen molar-refractivity contribution in [3.63, 3.8) is 0 Å². The van der Waals surface area contributed by atoms with Crippen LogP contribution in [0.4, 0.5) is 0 Å². The van der Waals surface area contributed by atoms with Gasteiger partial charge in [0.25, 0.3) is 0 Å². The van der Waals surface area contributed by atoms with Crippen molar-refractivity contribution in [1.29, 1.82) is 0 Å². The summed E-state index contributed by atoms with van der Waals surface area (Å²) in [5, 5.41) is 0. The molecule has 0 atom stereocenters. The first-order chi connectivity index (χ1) is 9.70. The Morgan fingerprint density at radius 2 is 1.80 bits per heavy atom. The van der Waals surface area contributed by atoms with Gasteiger partial charge >= 0.3 is 0 Å². The number of hydrogen-bond donors (Lipinski definition) is 0. The molecule has 0 N–H and O–H groups in total. The Morgan fingerprint density at radius 3 is 2.30 bits per heavy atom. The highest BCUT2D eigenvalue weighted by molar-refractivity contribution is 5.76. The largest absolute Gasteiger partial charge is 0.491 e. The average molecular weight is 282 g/mol. The normalized spacial score (nSPS) is 9.55. The molecule has 4 heteroatoms. The lowest BCUT2D eigenvalue weighted by Crippen LogP contribution is -2.11. The molecule has 0 saturated heterocycles. The fourth-order valence-corrected chi connectivity index (χ4v) is 1.24. The minimum atomic E-state index is 0.0321. The van der Waals surface area contributed by atoms with Gasteiger partial charge in [-0.1, -0.05) is 31.5 Å². The van der Waals surface area contributed by atoms with Gasteiger partial charge < -0.3 is 14.2 Å². The first-order valence-corrected chi connectivity index (χ1v) is 6.94. The van der Waals surface area contributed by atoms with Crippen LogP contribution in [-0.4, -0.2) is 39.3 Å². The van der Waals surface area contributed by atoms with Gasteiger partial charge in [-0.2, -0.15) is 0 Å². The number of hydrogen-bond acceptors (Lipinski definition) is 4. The van der Waals surface area contributed by atoms with Crippen molar-refractivity contribution in [1.82, 2.24) is 0 Å². The summed E-state index contributed by atoms with van der Waals surface area (Å²) in [6, 6.07) is 9.51. The Balaban J connectivity index is 0.000000511. The summed E-state index contributed by atoms with van der Waals surface area (Å²) >= 11 is 0. The Hall–Kier alpha value is -1.39. The van der Waals surface area contributed by atoms with Gasteiger partial charge in [0.15, 0.2) is 5.78 Å². The second kappa shape index (κ2) is 14.0. The summed E-state index contributed by atoms with van der Waals surface area (Å²) in [5.41, 5.74) is 0. The number of carbonyl (C=O) groups is 1. The Morgan fingerprint density at radius 1 is 1.10 bits per heavy atom. The van der Waals surface area contributed by atoms with Gasteiger partial charge in [-0.05, 0) is 25.5 Å². The molecule has 1 aromatic carbocycles. The number of benzene rings is 1. The Labute approximate surface area is 122 Å². The summed E-state index contributed by atoms with van der Waals surface area (Å²) < 4.78 is 15.2. The van der Waals surface area contributed by atoms with E-state index in [0.29, 0.717) is 13.2 Å². The Bertz CT molecular complexity index is 321. The predicted octanol–water partition coefficient (Wildman–Crippen LogP) is 3.10. The van der Waals surface area contributed by atoms with Gasteiger partial charge in [-0.3, -0.25) is 4.79 Å². The van der Waals surface area contributed by atoms with Crippen molar-refractivity contribution in [2.75, 3.05) is 33.5 Å². The van der Waals surface area contributed by atoms with Gasteiger partial charge in [-0.15, -0.1) is 0 Å². The number of unbranched alkanes of at least 4 members (excludes halogenated alkanes) is 1. The number of ether oxygens (including phenoxy) is 3. The van der Waals surface area contributed by atoms with E-state index in [1.54, 1.807) is 7.11 Å². The van der Waals surface area contributed by atoms with E-state index in [2.05, 4.69) is 6.92 Å².